The van der Waals surface area contributed by atoms with Crippen LogP contribution in [0.4, 0.5) is 5.69 Å². The van der Waals surface area contributed by atoms with E-state index in [1.807, 2.05) is 0 Å². The van der Waals surface area contributed by atoms with Gasteiger partial charge in [0, 0.05) is 5.02 Å². The zero-order chi connectivity index (χ0) is 10.9. The van der Waals surface area contributed by atoms with Crippen LogP contribution in [0.1, 0.15) is 0 Å². The lowest BCUT2D eigenvalue weighted by molar-refractivity contribution is 0.588. The molecule has 0 amide bonds. The Morgan fingerprint density at radius 1 is 1.36 bits per heavy atom. The third-order valence-electron chi connectivity index (χ3n) is 1.61. The molecular formula is C7H8Cl2N2O2S. The van der Waals surface area contributed by atoms with Gasteiger partial charge < -0.3 is 5.73 Å². The molecule has 1 rings (SSSR count). The van der Waals surface area contributed by atoms with Crippen molar-refractivity contribution in [3.05, 3.63) is 22.2 Å². The third-order valence-corrected chi connectivity index (χ3v) is 3.60. The van der Waals surface area contributed by atoms with Gasteiger partial charge in [0.1, 0.15) is 4.90 Å². The minimum absolute atomic E-state index is 0.00887. The number of hydrogen-bond donors (Lipinski definition) is 2. The highest BCUT2D eigenvalue weighted by atomic mass is 35.5. The largest absolute Gasteiger partial charge is 0.396 e. The van der Waals surface area contributed by atoms with Gasteiger partial charge in [0.25, 0.3) is 0 Å². The molecule has 0 atom stereocenters. The summed E-state index contributed by atoms with van der Waals surface area (Å²) in [7, 11) is -2.34. The quantitative estimate of drug-likeness (QED) is 0.786. The molecule has 4 nitrogen and oxygen atoms in total. The molecule has 0 saturated carbocycles. The Labute approximate surface area is 92.1 Å². The maximum atomic E-state index is 11.4. The van der Waals surface area contributed by atoms with E-state index in [1.165, 1.54) is 19.2 Å². The summed E-state index contributed by atoms with van der Waals surface area (Å²) in [6.07, 6.45) is 0. The second kappa shape index (κ2) is 3.94. The molecule has 0 bridgehead atoms. The first-order valence-corrected chi connectivity index (χ1v) is 5.80. The maximum absolute atomic E-state index is 11.4. The third kappa shape index (κ3) is 2.12. The van der Waals surface area contributed by atoms with Crippen molar-refractivity contribution in [1.82, 2.24) is 4.72 Å². The van der Waals surface area contributed by atoms with Gasteiger partial charge in [0.2, 0.25) is 10.0 Å². The molecule has 1 aromatic carbocycles. The fraction of sp³-hybridized carbons (Fsp3) is 0.143. The molecule has 0 aliphatic heterocycles. The highest BCUT2D eigenvalue weighted by Gasteiger charge is 2.17. The van der Waals surface area contributed by atoms with Crippen molar-refractivity contribution in [3.63, 3.8) is 0 Å². The second-order valence-corrected chi connectivity index (χ2v) is 5.21. The number of benzene rings is 1. The first kappa shape index (κ1) is 11.6. The van der Waals surface area contributed by atoms with Crippen molar-refractivity contribution in [2.24, 2.45) is 0 Å². The van der Waals surface area contributed by atoms with Crippen LogP contribution in [-0.4, -0.2) is 15.5 Å². The molecule has 0 fully saturated rings. The van der Waals surface area contributed by atoms with Gasteiger partial charge in [-0.2, -0.15) is 0 Å². The van der Waals surface area contributed by atoms with Crippen molar-refractivity contribution >= 4 is 38.9 Å². The van der Waals surface area contributed by atoms with E-state index >= 15 is 0 Å². The molecule has 0 aliphatic carbocycles. The minimum atomic E-state index is -3.62. The SMILES string of the molecule is CNS(=O)(=O)c1cc(Cl)cc(Cl)c1N. The lowest BCUT2D eigenvalue weighted by Gasteiger charge is -2.07. The molecule has 7 heteroatoms. The zero-order valence-electron chi connectivity index (χ0n) is 7.21. The van der Waals surface area contributed by atoms with Crippen molar-refractivity contribution in [1.29, 1.82) is 0 Å². The predicted octanol–water partition coefficient (Wildman–Crippen LogP) is 1.48. The minimum Gasteiger partial charge on any atom is -0.396 e. The van der Waals surface area contributed by atoms with Gasteiger partial charge in [-0.1, -0.05) is 23.2 Å². The Balaban J connectivity index is 3.50. The molecule has 1 aromatic rings. The molecule has 0 saturated heterocycles. The van der Waals surface area contributed by atoms with E-state index in [-0.39, 0.29) is 20.6 Å². The standard InChI is InChI=1S/C7H8Cl2N2O2S/c1-11-14(12,13)6-3-4(8)2-5(9)7(6)10/h2-3,11H,10H2,1H3. The average Bonchev–Trinajstić information content (AvgIpc) is 2.11. The first-order chi connectivity index (χ1) is 6.38. The smallest absolute Gasteiger partial charge is 0.242 e. The lowest BCUT2D eigenvalue weighted by Crippen LogP contribution is -2.20. The number of rotatable bonds is 2. The molecule has 0 heterocycles. The molecule has 0 aromatic heterocycles. The maximum Gasteiger partial charge on any atom is 0.242 e. The van der Waals surface area contributed by atoms with Gasteiger partial charge in [-0.15, -0.1) is 0 Å². The molecule has 14 heavy (non-hydrogen) atoms. The van der Waals surface area contributed by atoms with Crippen LogP contribution in [0, 0.1) is 0 Å². The monoisotopic (exact) mass is 254 g/mol. The Bertz CT molecular complexity index is 459. The van der Waals surface area contributed by atoms with Gasteiger partial charge in [-0.25, -0.2) is 13.1 Å². The van der Waals surface area contributed by atoms with Crippen molar-refractivity contribution < 1.29 is 8.42 Å². The van der Waals surface area contributed by atoms with E-state index in [9.17, 15) is 8.42 Å². The summed E-state index contributed by atoms with van der Waals surface area (Å²) in [5, 5.41) is 0.337. The van der Waals surface area contributed by atoms with E-state index < -0.39 is 10.0 Å². The Morgan fingerprint density at radius 2 is 1.93 bits per heavy atom. The lowest BCUT2D eigenvalue weighted by atomic mass is 10.3. The molecular weight excluding hydrogens is 247 g/mol. The van der Waals surface area contributed by atoms with Crippen LogP contribution in [0.15, 0.2) is 17.0 Å². The van der Waals surface area contributed by atoms with Gasteiger partial charge in [-0.3, -0.25) is 0 Å². The highest BCUT2D eigenvalue weighted by Crippen LogP contribution is 2.30. The average molecular weight is 255 g/mol. The molecule has 0 aliphatic rings. The number of anilines is 1. The van der Waals surface area contributed by atoms with Crippen LogP contribution >= 0.6 is 23.2 Å². The summed E-state index contributed by atoms with van der Waals surface area (Å²) in [4.78, 5) is -0.113. The first-order valence-electron chi connectivity index (χ1n) is 3.56. The van der Waals surface area contributed by atoms with Crippen LogP contribution in [0.2, 0.25) is 10.0 Å². The fourth-order valence-corrected chi connectivity index (χ4v) is 2.41. The summed E-state index contributed by atoms with van der Waals surface area (Å²) >= 11 is 11.3. The van der Waals surface area contributed by atoms with Crippen LogP contribution in [0.3, 0.4) is 0 Å². The molecule has 0 radical (unpaired) electrons. The number of nitrogens with two attached hydrogens (primary N) is 1. The zero-order valence-corrected chi connectivity index (χ0v) is 9.54. The van der Waals surface area contributed by atoms with E-state index in [0.717, 1.165) is 0 Å². The van der Waals surface area contributed by atoms with Crippen LogP contribution in [0.25, 0.3) is 0 Å². The summed E-state index contributed by atoms with van der Waals surface area (Å²) in [5.74, 6) is 0. The van der Waals surface area contributed by atoms with Crippen LogP contribution in [0.5, 0.6) is 0 Å². The number of sulfonamides is 1. The molecule has 0 spiro atoms. The topological polar surface area (TPSA) is 72.2 Å². The summed E-state index contributed by atoms with van der Waals surface area (Å²) in [6, 6.07) is 2.63. The van der Waals surface area contributed by atoms with Crippen LogP contribution in [-0.2, 0) is 10.0 Å². The predicted molar refractivity (Wildman–Crippen MR) is 57.1 cm³/mol. The molecule has 0 unspecified atom stereocenters. The normalized spacial score (nSPS) is 11.6. The van der Waals surface area contributed by atoms with Gasteiger partial charge in [-0.05, 0) is 19.2 Å². The Morgan fingerprint density at radius 3 is 2.43 bits per heavy atom. The molecule has 78 valence electrons. The number of halogens is 2. The van der Waals surface area contributed by atoms with Gasteiger partial charge >= 0.3 is 0 Å². The Hall–Kier alpha value is -0.490. The summed E-state index contributed by atoms with van der Waals surface area (Å²) in [5.41, 5.74) is 5.49. The number of nitrogen functional groups attached to an aromatic ring is 1. The summed E-state index contributed by atoms with van der Waals surface area (Å²) < 4.78 is 25.0. The van der Waals surface area contributed by atoms with Gasteiger partial charge in [0.15, 0.2) is 0 Å². The second-order valence-electron chi connectivity index (χ2n) is 2.51. The van der Waals surface area contributed by atoms with E-state index in [2.05, 4.69) is 4.72 Å². The fourth-order valence-electron chi connectivity index (χ4n) is 0.893. The van der Waals surface area contributed by atoms with Gasteiger partial charge in [0.05, 0.1) is 10.7 Å². The number of hydrogen-bond acceptors (Lipinski definition) is 3. The van der Waals surface area contributed by atoms with E-state index in [4.69, 9.17) is 28.9 Å². The Kier molecular flexibility index (Phi) is 3.26. The highest BCUT2D eigenvalue weighted by molar-refractivity contribution is 7.89. The van der Waals surface area contributed by atoms with Crippen LogP contribution < -0.4 is 10.5 Å². The number of nitrogens with one attached hydrogen (secondary N) is 1. The van der Waals surface area contributed by atoms with Crippen molar-refractivity contribution in [2.45, 2.75) is 4.90 Å². The van der Waals surface area contributed by atoms with Crippen molar-refractivity contribution in [3.8, 4) is 0 Å². The van der Waals surface area contributed by atoms with E-state index in [0.29, 0.717) is 0 Å². The summed E-state index contributed by atoms with van der Waals surface area (Å²) in [6.45, 7) is 0. The van der Waals surface area contributed by atoms with Crippen molar-refractivity contribution in [2.75, 3.05) is 12.8 Å². The van der Waals surface area contributed by atoms with E-state index in [1.54, 1.807) is 0 Å². The molecule has 3 N–H and O–H groups in total.